The molecular formula is C22H32N2O2S. The summed E-state index contributed by atoms with van der Waals surface area (Å²) in [5, 5.41) is 0. The molecule has 4 nitrogen and oxygen atoms in total. The van der Waals surface area contributed by atoms with Gasteiger partial charge in [-0.25, -0.2) is 0 Å². The van der Waals surface area contributed by atoms with E-state index in [2.05, 4.69) is 24.0 Å². The Balaban J connectivity index is 1.61. The highest BCUT2D eigenvalue weighted by atomic mass is 32.2. The number of likely N-dealkylation sites (tertiary alicyclic amines) is 1. The lowest BCUT2D eigenvalue weighted by Gasteiger charge is -2.44. The number of nitrogens with zero attached hydrogens (tertiary/aromatic N) is 2. The largest absolute Gasteiger partial charge is 0.338 e. The Bertz CT molecular complexity index is 663. The van der Waals surface area contributed by atoms with E-state index in [1.165, 1.54) is 18.4 Å². The Labute approximate surface area is 167 Å². The van der Waals surface area contributed by atoms with Crippen LogP contribution in [0.1, 0.15) is 62.4 Å². The maximum Gasteiger partial charge on any atom is 0.253 e. The molecule has 3 rings (SSSR count). The molecule has 0 aliphatic carbocycles. The smallest absolute Gasteiger partial charge is 0.253 e. The molecule has 0 radical (unpaired) electrons. The number of benzene rings is 1. The highest BCUT2D eigenvalue weighted by Gasteiger charge is 2.47. The van der Waals surface area contributed by atoms with Crippen LogP contribution in [0.5, 0.6) is 0 Å². The van der Waals surface area contributed by atoms with Gasteiger partial charge in [0, 0.05) is 36.9 Å². The Kier molecular flexibility index (Phi) is 6.51. The second-order valence-corrected chi connectivity index (χ2v) is 9.49. The van der Waals surface area contributed by atoms with Gasteiger partial charge in [0.15, 0.2) is 0 Å². The fourth-order valence-corrected chi connectivity index (χ4v) is 5.54. The molecule has 1 aromatic carbocycles. The maximum atomic E-state index is 12.9. The van der Waals surface area contributed by atoms with Crippen LogP contribution in [-0.4, -0.2) is 51.9 Å². The number of hydrogen-bond acceptors (Lipinski definition) is 3. The summed E-state index contributed by atoms with van der Waals surface area (Å²) in [6.45, 7) is 8.44. The number of thioether (sulfide) groups is 1. The number of carbonyl (C=O) groups is 2. The minimum atomic E-state index is -0.0951. The lowest BCUT2D eigenvalue weighted by molar-refractivity contribution is -0.137. The summed E-state index contributed by atoms with van der Waals surface area (Å²) in [7, 11) is 0. The van der Waals surface area contributed by atoms with E-state index in [-0.39, 0.29) is 22.6 Å². The van der Waals surface area contributed by atoms with Gasteiger partial charge in [-0.05, 0) is 43.4 Å². The molecule has 2 amide bonds. The van der Waals surface area contributed by atoms with E-state index in [0.29, 0.717) is 0 Å². The van der Waals surface area contributed by atoms with E-state index in [4.69, 9.17) is 0 Å². The van der Waals surface area contributed by atoms with Crippen molar-refractivity contribution in [3.05, 3.63) is 35.4 Å². The monoisotopic (exact) mass is 388 g/mol. The molecule has 2 fully saturated rings. The van der Waals surface area contributed by atoms with Crippen LogP contribution in [-0.2, 0) is 11.2 Å². The van der Waals surface area contributed by atoms with Crippen molar-refractivity contribution in [2.24, 2.45) is 5.92 Å². The number of piperidine rings is 1. The van der Waals surface area contributed by atoms with Crippen LogP contribution in [0.4, 0.5) is 0 Å². The van der Waals surface area contributed by atoms with E-state index >= 15 is 0 Å². The second-order valence-electron chi connectivity index (χ2n) is 8.03. The Hall–Kier alpha value is -1.49. The third-order valence-corrected chi connectivity index (χ3v) is 7.34. The van der Waals surface area contributed by atoms with Crippen molar-refractivity contribution in [1.29, 1.82) is 0 Å². The summed E-state index contributed by atoms with van der Waals surface area (Å²) in [6.07, 6.45) is 5.19. The summed E-state index contributed by atoms with van der Waals surface area (Å²) >= 11 is 1.91. The van der Waals surface area contributed by atoms with E-state index in [1.54, 1.807) is 0 Å². The summed E-state index contributed by atoms with van der Waals surface area (Å²) in [6, 6.07) is 8.11. The lowest BCUT2D eigenvalue weighted by atomic mass is 9.99. The molecule has 5 heteroatoms. The normalized spacial score (nSPS) is 19.1. The number of hydrogen-bond donors (Lipinski definition) is 0. The molecule has 148 valence electrons. The van der Waals surface area contributed by atoms with Crippen molar-refractivity contribution < 1.29 is 9.59 Å². The van der Waals surface area contributed by atoms with Gasteiger partial charge < -0.3 is 9.80 Å². The highest BCUT2D eigenvalue weighted by molar-refractivity contribution is 8.00. The SMILES string of the molecule is CCCCc1ccc(C(=O)N2CCC3(CC2)SCCN3C(=O)C(C)C)cc1. The predicted molar refractivity (Wildman–Crippen MR) is 112 cm³/mol. The van der Waals surface area contributed by atoms with Crippen LogP contribution >= 0.6 is 11.8 Å². The molecule has 0 unspecified atom stereocenters. The molecule has 2 saturated heterocycles. The summed E-state index contributed by atoms with van der Waals surface area (Å²) < 4.78 is 0. The minimum absolute atomic E-state index is 0.0338. The number of unbranched alkanes of at least 4 members (excludes halogenated alkanes) is 1. The number of aryl methyl sites for hydroxylation is 1. The Morgan fingerprint density at radius 3 is 2.37 bits per heavy atom. The topological polar surface area (TPSA) is 40.6 Å². The number of carbonyl (C=O) groups excluding carboxylic acids is 2. The number of amides is 2. The first-order valence-electron chi connectivity index (χ1n) is 10.3. The highest BCUT2D eigenvalue weighted by Crippen LogP contribution is 2.44. The van der Waals surface area contributed by atoms with Crippen LogP contribution in [0.25, 0.3) is 0 Å². The van der Waals surface area contributed by atoms with E-state index in [9.17, 15) is 9.59 Å². The van der Waals surface area contributed by atoms with Crippen LogP contribution in [0.2, 0.25) is 0 Å². The number of rotatable bonds is 5. The van der Waals surface area contributed by atoms with Crippen molar-refractivity contribution in [2.45, 2.75) is 57.7 Å². The lowest BCUT2D eigenvalue weighted by Crippen LogP contribution is -2.54. The molecule has 0 aromatic heterocycles. The van der Waals surface area contributed by atoms with Gasteiger partial charge >= 0.3 is 0 Å². The molecule has 0 atom stereocenters. The molecule has 0 N–H and O–H groups in total. The zero-order valence-electron chi connectivity index (χ0n) is 16.9. The van der Waals surface area contributed by atoms with Crippen molar-refractivity contribution in [3.63, 3.8) is 0 Å². The molecular weight excluding hydrogens is 356 g/mol. The summed E-state index contributed by atoms with van der Waals surface area (Å²) in [5.74, 6) is 1.41. The third-order valence-electron chi connectivity index (χ3n) is 5.79. The molecule has 0 saturated carbocycles. The molecule has 2 aliphatic rings. The van der Waals surface area contributed by atoms with Crippen molar-refractivity contribution in [3.8, 4) is 0 Å². The van der Waals surface area contributed by atoms with E-state index < -0.39 is 0 Å². The van der Waals surface area contributed by atoms with Gasteiger partial charge in [0.05, 0.1) is 4.87 Å². The average Bonchev–Trinajstić information content (AvgIpc) is 3.09. The first-order chi connectivity index (χ1) is 13.0. The molecule has 2 aliphatic heterocycles. The predicted octanol–water partition coefficient (Wildman–Crippen LogP) is 4.19. The summed E-state index contributed by atoms with van der Waals surface area (Å²) in [5.41, 5.74) is 2.08. The Morgan fingerprint density at radius 2 is 1.78 bits per heavy atom. The van der Waals surface area contributed by atoms with Crippen LogP contribution < -0.4 is 0 Å². The van der Waals surface area contributed by atoms with Crippen molar-refractivity contribution in [2.75, 3.05) is 25.4 Å². The van der Waals surface area contributed by atoms with E-state index in [0.717, 1.165) is 50.2 Å². The van der Waals surface area contributed by atoms with Gasteiger partial charge in [0.2, 0.25) is 5.91 Å². The molecule has 2 heterocycles. The fraction of sp³-hybridized carbons (Fsp3) is 0.636. The summed E-state index contributed by atoms with van der Waals surface area (Å²) in [4.78, 5) is 29.4. The molecule has 27 heavy (non-hydrogen) atoms. The molecule has 0 bridgehead atoms. The fourth-order valence-electron chi connectivity index (χ4n) is 4.08. The van der Waals surface area contributed by atoms with Gasteiger partial charge in [-0.15, -0.1) is 11.8 Å². The molecule has 1 spiro atoms. The first-order valence-corrected chi connectivity index (χ1v) is 11.3. The van der Waals surface area contributed by atoms with Crippen molar-refractivity contribution >= 4 is 23.6 Å². The average molecular weight is 389 g/mol. The zero-order chi connectivity index (χ0) is 19.4. The minimum Gasteiger partial charge on any atom is -0.338 e. The zero-order valence-corrected chi connectivity index (χ0v) is 17.7. The van der Waals surface area contributed by atoms with Gasteiger partial charge in [0.1, 0.15) is 0 Å². The molecule has 1 aromatic rings. The van der Waals surface area contributed by atoms with Gasteiger partial charge in [0.25, 0.3) is 5.91 Å². The van der Waals surface area contributed by atoms with Crippen molar-refractivity contribution in [1.82, 2.24) is 9.80 Å². The first kappa shape index (κ1) is 20.2. The van der Waals surface area contributed by atoms with E-state index in [1.807, 2.05) is 42.6 Å². The second kappa shape index (κ2) is 8.68. The standard InChI is InChI=1S/C22H32N2O2S/c1-4-5-6-18-7-9-19(10-8-18)21(26)23-13-11-22(12-14-23)24(15-16-27-22)20(25)17(2)3/h7-10,17H,4-6,11-16H2,1-3H3. The quantitative estimate of drug-likeness (QED) is 0.759. The van der Waals surface area contributed by atoms with Gasteiger partial charge in [-0.1, -0.05) is 39.3 Å². The maximum absolute atomic E-state index is 12.9. The van der Waals surface area contributed by atoms with Crippen LogP contribution in [0, 0.1) is 5.92 Å². The third kappa shape index (κ3) is 4.34. The van der Waals surface area contributed by atoms with Gasteiger partial charge in [-0.3, -0.25) is 9.59 Å². The van der Waals surface area contributed by atoms with Gasteiger partial charge in [-0.2, -0.15) is 0 Å². The van der Waals surface area contributed by atoms with Crippen LogP contribution in [0.15, 0.2) is 24.3 Å². The Morgan fingerprint density at radius 1 is 1.11 bits per heavy atom. The van der Waals surface area contributed by atoms with Crippen LogP contribution in [0.3, 0.4) is 0 Å².